The van der Waals surface area contributed by atoms with Crippen molar-refractivity contribution in [3.8, 4) is 0 Å². The fourth-order valence-corrected chi connectivity index (χ4v) is 2.11. The highest BCUT2D eigenvalue weighted by atomic mass is 16.6. The molecule has 1 atom stereocenters. The van der Waals surface area contributed by atoms with Gasteiger partial charge in [0.2, 0.25) is 0 Å². The van der Waals surface area contributed by atoms with E-state index in [4.69, 9.17) is 9.47 Å². The first kappa shape index (κ1) is 20.2. The molecule has 0 aliphatic rings. The maximum Gasteiger partial charge on any atom is 0.410 e. The molecule has 0 fully saturated rings. The predicted octanol–water partition coefficient (Wildman–Crippen LogP) is 3.67. The van der Waals surface area contributed by atoms with Gasteiger partial charge in [-0.1, -0.05) is 37.3 Å². The first-order valence-corrected chi connectivity index (χ1v) is 8.26. The average Bonchev–Trinajstić information content (AvgIpc) is 2.51. The smallest absolute Gasteiger partial charge is 0.410 e. The fraction of sp³-hybridized carbons (Fsp3) is 0.579. The second-order valence-corrected chi connectivity index (χ2v) is 6.97. The lowest BCUT2D eigenvalue weighted by Crippen LogP contribution is -2.40. The Labute approximate surface area is 144 Å². The van der Waals surface area contributed by atoms with Crippen molar-refractivity contribution in [1.29, 1.82) is 0 Å². The van der Waals surface area contributed by atoms with Crippen molar-refractivity contribution in [3.05, 3.63) is 35.9 Å². The highest BCUT2D eigenvalue weighted by Crippen LogP contribution is 2.14. The number of amides is 1. The number of Topliss-reactive ketones (excluding diaryl/α,β-unsaturated/α-hetero) is 1. The van der Waals surface area contributed by atoms with E-state index in [1.807, 2.05) is 58.0 Å². The number of ether oxygens (including phenoxy) is 2. The van der Waals surface area contributed by atoms with Crippen molar-refractivity contribution in [2.45, 2.75) is 46.3 Å². The van der Waals surface area contributed by atoms with E-state index in [1.54, 1.807) is 7.11 Å². The van der Waals surface area contributed by atoms with Gasteiger partial charge in [0.05, 0.1) is 6.54 Å². The third-order valence-electron chi connectivity index (χ3n) is 3.52. The van der Waals surface area contributed by atoms with Crippen LogP contribution in [0.25, 0.3) is 0 Å². The summed E-state index contributed by atoms with van der Waals surface area (Å²) in [7, 11) is 1.61. The topological polar surface area (TPSA) is 55.8 Å². The normalized spacial score (nSPS) is 12.5. The van der Waals surface area contributed by atoms with Crippen molar-refractivity contribution < 1.29 is 19.1 Å². The zero-order valence-electron chi connectivity index (χ0n) is 15.4. The van der Waals surface area contributed by atoms with E-state index < -0.39 is 11.7 Å². The Kier molecular flexibility index (Phi) is 7.92. The van der Waals surface area contributed by atoms with Gasteiger partial charge in [-0.05, 0) is 32.8 Å². The van der Waals surface area contributed by atoms with E-state index >= 15 is 0 Å². The number of ketones is 1. The van der Waals surface area contributed by atoms with Crippen LogP contribution in [0.4, 0.5) is 4.79 Å². The molecule has 0 aromatic heterocycles. The van der Waals surface area contributed by atoms with Gasteiger partial charge in [-0.3, -0.25) is 9.69 Å². The molecule has 24 heavy (non-hydrogen) atoms. The molecule has 5 heteroatoms. The second-order valence-electron chi connectivity index (χ2n) is 6.97. The Morgan fingerprint density at radius 3 is 2.33 bits per heavy atom. The molecule has 0 bridgehead atoms. The summed E-state index contributed by atoms with van der Waals surface area (Å²) >= 11 is 0. The van der Waals surface area contributed by atoms with Crippen LogP contribution in [0.5, 0.6) is 0 Å². The van der Waals surface area contributed by atoms with Gasteiger partial charge in [0.15, 0.2) is 5.78 Å². The van der Waals surface area contributed by atoms with Crippen LogP contribution in [0.15, 0.2) is 30.3 Å². The van der Waals surface area contributed by atoms with Gasteiger partial charge < -0.3 is 9.47 Å². The van der Waals surface area contributed by atoms with Crippen LogP contribution in [0, 0.1) is 5.92 Å². The fourth-order valence-electron chi connectivity index (χ4n) is 2.11. The van der Waals surface area contributed by atoms with E-state index in [-0.39, 0.29) is 18.2 Å². The van der Waals surface area contributed by atoms with Gasteiger partial charge >= 0.3 is 6.09 Å². The third kappa shape index (κ3) is 7.59. The number of methoxy groups -OCH3 is 1. The number of nitrogens with zero attached hydrogens (tertiary/aromatic N) is 1. The van der Waals surface area contributed by atoms with Crippen LogP contribution in [-0.2, 0) is 20.8 Å². The van der Waals surface area contributed by atoms with Crippen molar-refractivity contribution in [2.75, 3.05) is 20.3 Å². The molecular weight excluding hydrogens is 306 g/mol. The van der Waals surface area contributed by atoms with Crippen LogP contribution in [0.1, 0.15) is 39.7 Å². The number of carbonyl (C=O) groups is 2. The van der Waals surface area contributed by atoms with Gasteiger partial charge in [0, 0.05) is 26.2 Å². The van der Waals surface area contributed by atoms with Crippen LogP contribution < -0.4 is 0 Å². The van der Waals surface area contributed by atoms with Gasteiger partial charge in [-0.2, -0.15) is 0 Å². The van der Waals surface area contributed by atoms with E-state index in [0.29, 0.717) is 19.6 Å². The molecule has 0 aliphatic carbocycles. The Morgan fingerprint density at radius 1 is 1.17 bits per heavy atom. The molecule has 0 aliphatic heterocycles. The maximum absolute atomic E-state index is 12.5. The summed E-state index contributed by atoms with van der Waals surface area (Å²) < 4.78 is 10.5. The standard InChI is InChI=1S/C19H29NO4/c1-15(11-12-23-5)17(21)14-20(18(22)24-19(2,3)4)13-16-9-7-6-8-10-16/h6-10,15H,11-14H2,1-5H3. The average molecular weight is 335 g/mol. The highest BCUT2D eigenvalue weighted by Gasteiger charge is 2.25. The summed E-state index contributed by atoms with van der Waals surface area (Å²) in [5, 5.41) is 0. The zero-order chi connectivity index (χ0) is 18.2. The third-order valence-corrected chi connectivity index (χ3v) is 3.52. The lowest BCUT2D eigenvalue weighted by atomic mass is 10.0. The van der Waals surface area contributed by atoms with Gasteiger partial charge in [-0.25, -0.2) is 4.79 Å². The Morgan fingerprint density at radius 2 is 1.79 bits per heavy atom. The van der Waals surface area contributed by atoms with Gasteiger partial charge in [-0.15, -0.1) is 0 Å². The molecule has 1 aromatic rings. The maximum atomic E-state index is 12.5. The minimum absolute atomic E-state index is 0.00819. The minimum Gasteiger partial charge on any atom is -0.444 e. The first-order valence-electron chi connectivity index (χ1n) is 8.26. The summed E-state index contributed by atoms with van der Waals surface area (Å²) in [6.07, 6.45) is 0.168. The number of hydrogen-bond donors (Lipinski definition) is 0. The quantitative estimate of drug-likeness (QED) is 0.727. The molecule has 0 saturated carbocycles. The Bertz CT molecular complexity index is 522. The van der Waals surface area contributed by atoms with Gasteiger partial charge in [0.1, 0.15) is 5.60 Å². The van der Waals surface area contributed by atoms with Crippen molar-refractivity contribution in [2.24, 2.45) is 5.92 Å². The van der Waals surface area contributed by atoms with Crippen LogP contribution >= 0.6 is 0 Å². The van der Waals surface area contributed by atoms with Crippen molar-refractivity contribution >= 4 is 11.9 Å². The molecule has 1 rings (SSSR count). The van der Waals surface area contributed by atoms with Crippen molar-refractivity contribution in [3.63, 3.8) is 0 Å². The number of rotatable bonds is 8. The second kappa shape index (κ2) is 9.42. The number of carbonyl (C=O) groups excluding carboxylic acids is 2. The molecule has 0 radical (unpaired) electrons. The summed E-state index contributed by atoms with van der Waals surface area (Å²) in [4.78, 5) is 26.3. The lowest BCUT2D eigenvalue weighted by Gasteiger charge is -2.28. The molecule has 0 saturated heterocycles. The molecule has 1 amide bonds. The Hall–Kier alpha value is -1.88. The SMILES string of the molecule is COCCC(C)C(=O)CN(Cc1ccccc1)C(=O)OC(C)(C)C. The molecule has 0 N–H and O–H groups in total. The molecule has 1 aromatic carbocycles. The molecule has 0 heterocycles. The molecular formula is C19H29NO4. The largest absolute Gasteiger partial charge is 0.444 e. The van der Waals surface area contributed by atoms with E-state index in [2.05, 4.69) is 0 Å². The number of benzene rings is 1. The first-order chi connectivity index (χ1) is 11.2. The summed E-state index contributed by atoms with van der Waals surface area (Å²) in [6, 6.07) is 9.59. The number of hydrogen-bond acceptors (Lipinski definition) is 4. The minimum atomic E-state index is -0.600. The molecule has 0 spiro atoms. The molecule has 1 unspecified atom stereocenters. The molecule has 134 valence electrons. The van der Waals surface area contributed by atoms with Crippen molar-refractivity contribution in [1.82, 2.24) is 4.90 Å². The summed E-state index contributed by atoms with van der Waals surface area (Å²) in [6.45, 7) is 8.21. The zero-order valence-corrected chi connectivity index (χ0v) is 15.4. The molecule has 5 nitrogen and oxygen atoms in total. The highest BCUT2D eigenvalue weighted by molar-refractivity contribution is 5.85. The van der Waals surface area contributed by atoms with Crippen LogP contribution in [0.3, 0.4) is 0 Å². The van der Waals surface area contributed by atoms with E-state index in [9.17, 15) is 9.59 Å². The van der Waals surface area contributed by atoms with E-state index in [1.165, 1.54) is 4.90 Å². The van der Waals surface area contributed by atoms with Crippen LogP contribution in [-0.4, -0.2) is 42.6 Å². The predicted molar refractivity (Wildman–Crippen MR) is 93.8 cm³/mol. The van der Waals surface area contributed by atoms with Gasteiger partial charge in [0.25, 0.3) is 0 Å². The van der Waals surface area contributed by atoms with E-state index in [0.717, 1.165) is 5.56 Å². The van der Waals surface area contributed by atoms with Crippen LogP contribution in [0.2, 0.25) is 0 Å². The monoisotopic (exact) mass is 335 g/mol. The summed E-state index contributed by atoms with van der Waals surface area (Å²) in [5.74, 6) is -0.153. The lowest BCUT2D eigenvalue weighted by molar-refractivity contribution is -0.124. The Balaban J connectivity index is 2.80. The summed E-state index contributed by atoms with van der Waals surface area (Å²) in [5.41, 5.74) is 0.359.